The maximum Gasteiger partial charge on any atom is 0.338 e. The number of aliphatic hydroxyl groups excluding tert-OH is 1. The highest BCUT2D eigenvalue weighted by Crippen LogP contribution is 2.37. The predicted molar refractivity (Wildman–Crippen MR) is 97.3 cm³/mol. The molecule has 0 atom stereocenters. The number of para-hydroxylation sites is 1. The van der Waals surface area contributed by atoms with Gasteiger partial charge in [-0.3, -0.25) is 15.2 Å². The molecule has 0 bridgehead atoms. The SMILES string of the molecule is [C-]#[N+]C(/N=N/c1n[nH]c(C(C)(C)C)c1[N+]#[C-])=C(/O)c1ccccc1[N+](=O)[O-]. The van der Waals surface area contributed by atoms with Crippen LogP contribution in [-0.2, 0) is 5.41 Å². The number of aromatic amines is 1. The lowest BCUT2D eigenvalue weighted by Crippen LogP contribution is -2.11. The molecule has 2 aromatic rings. The van der Waals surface area contributed by atoms with E-state index in [1.54, 1.807) is 0 Å². The van der Waals surface area contributed by atoms with Gasteiger partial charge < -0.3 is 9.95 Å². The Morgan fingerprint density at radius 2 is 2.00 bits per heavy atom. The highest BCUT2D eigenvalue weighted by atomic mass is 16.6. The van der Waals surface area contributed by atoms with Gasteiger partial charge in [-0.2, -0.15) is 5.10 Å². The third-order valence-electron chi connectivity index (χ3n) is 3.50. The summed E-state index contributed by atoms with van der Waals surface area (Å²) in [6.07, 6.45) is 0. The maximum absolute atomic E-state index is 11.1. The second kappa shape index (κ2) is 7.45. The molecule has 10 nitrogen and oxygen atoms in total. The van der Waals surface area contributed by atoms with Gasteiger partial charge in [0, 0.05) is 16.9 Å². The summed E-state index contributed by atoms with van der Waals surface area (Å²) >= 11 is 0. The number of benzene rings is 1. The van der Waals surface area contributed by atoms with Gasteiger partial charge in [-0.15, -0.1) is 0 Å². The zero-order valence-electron chi connectivity index (χ0n) is 14.8. The van der Waals surface area contributed by atoms with E-state index in [0.717, 1.165) is 0 Å². The van der Waals surface area contributed by atoms with Crippen molar-refractivity contribution in [3.63, 3.8) is 0 Å². The summed E-state index contributed by atoms with van der Waals surface area (Å²) in [6, 6.07) is 5.42. The smallest absolute Gasteiger partial charge is 0.338 e. The Hall–Kier alpha value is -4.05. The number of aromatic nitrogens is 2. The van der Waals surface area contributed by atoms with Crippen molar-refractivity contribution in [2.75, 3.05) is 0 Å². The average Bonchev–Trinajstić information content (AvgIpc) is 3.05. The van der Waals surface area contributed by atoms with E-state index in [9.17, 15) is 15.2 Å². The molecule has 0 aliphatic heterocycles. The largest absolute Gasteiger partial charge is 0.517 e. The Balaban J connectivity index is 2.51. The number of nitrogens with one attached hydrogen (secondary N) is 1. The predicted octanol–water partition coefficient (Wildman–Crippen LogP) is 5.05. The van der Waals surface area contributed by atoms with Crippen LogP contribution in [0, 0.1) is 23.3 Å². The molecule has 0 aliphatic rings. The van der Waals surface area contributed by atoms with Crippen LogP contribution in [0.15, 0.2) is 40.3 Å². The fourth-order valence-electron chi connectivity index (χ4n) is 2.20. The summed E-state index contributed by atoms with van der Waals surface area (Å²) in [4.78, 5) is 16.9. The quantitative estimate of drug-likeness (QED) is 0.258. The molecule has 0 unspecified atom stereocenters. The van der Waals surface area contributed by atoms with Crippen LogP contribution in [0.25, 0.3) is 15.4 Å². The number of aliphatic hydroxyl groups is 1. The van der Waals surface area contributed by atoms with Gasteiger partial charge in [0.25, 0.3) is 11.4 Å². The van der Waals surface area contributed by atoms with E-state index in [1.807, 2.05) is 20.8 Å². The van der Waals surface area contributed by atoms with Crippen molar-refractivity contribution in [1.82, 2.24) is 10.2 Å². The summed E-state index contributed by atoms with van der Waals surface area (Å²) < 4.78 is 0. The number of nitrogens with zero attached hydrogens (tertiary/aromatic N) is 6. The Morgan fingerprint density at radius 3 is 2.56 bits per heavy atom. The first kappa shape index (κ1) is 19.3. The zero-order chi connectivity index (χ0) is 20.2. The number of hydrogen-bond donors (Lipinski definition) is 2. The molecule has 0 fully saturated rings. The molecule has 1 heterocycles. The van der Waals surface area contributed by atoms with Crippen LogP contribution in [0.1, 0.15) is 32.0 Å². The molecule has 136 valence electrons. The third kappa shape index (κ3) is 3.96. The summed E-state index contributed by atoms with van der Waals surface area (Å²) in [7, 11) is 0. The van der Waals surface area contributed by atoms with Gasteiger partial charge in [0.2, 0.25) is 5.82 Å². The van der Waals surface area contributed by atoms with Crippen LogP contribution in [0.4, 0.5) is 17.2 Å². The van der Waals surface area contributed by atoms with Gasteiger partial charge in [0.15, 0.2) is 5.76 Å². The lowest BCUT2D eigenvalue weighted by atomic mass is 9.91. The summed E-state index contributed by atoms with van der Waals surface area (Å²) in [5.74, 6) is -1.27. The van der Waals surface area contributed by atoms with Crippen molar-refractivity contribution in [3.05, 3.63) is 74.3 Å². The topological polar surface area (TPSA) is 125 Å². The number of nitro groups is 1. The second-order valence-corrected chi connectivity index (χ2v) is 6.39. The van der Waals surface area contributed by atoms with Gasteiger partial charge in [-0.25, -0.2) is 4.85 Å². The third-order valence-corrected chi connectivity index (χ3v) is 3.50. The van der Waals surface area contributed by atoms with Gasteiger partial charge in [0.05, 0.1) is 17.1 Å². The first-order valence-electron chi connectivity index (χ1n) is 7.63. The highest BCUT2D eigenvalue weighted by molar-refractivity contribution is 5.71. The van der Waals surface area contributed by atoms with E-state index < -0.39 is 16.5 Å². The molecule has 0 saturated heterocycles. The molecule has 2 rings (SSSR count). The fraction of sp³-hybridized carbons (Fsp3) is 0.235. The van der Waals surface area contributed by atoms with Crippen molar-refractivity contribution in [3.8, 4) is 0 Å². The van der Waals surface area contributed by atoms with Crippen LogP contribution < -0.4 is 0 Å². The van der Waals surface area contributed by atoms with E-state index in [1.165, 1.54) is 24.3 Å². The molecule has 1 aromatic heterocycles. The first-order valence-corrected chi connectivity index (χ1v) is 7.63. The molecule has 0 spiro atoms. The highest BCUT2D eigenvalue weighted by Gasteiger charge is 2.25. The van der Waals surface area contributed by atoms with E-state index in [0.29, 0.717) is 5.69 Å². The Bertz CT molecular complexity index is 1030. The molecule has 0 saturated carbocycles. The van der Waals surface area contributed by atoms with Crippen molar-refractivity contribution in [2.45, 2.75) is 26.2 Å². The molecule has 10 heteroatoms. The number of H-pyrrole nitrogens is 1. The Morgan fingerprint density at radius 1 is 1.33 bits per heavy atom. The molecule has 2 N–H and O–H groups in total. The molecule has 0 radical (unpaired) electrons. The standard InChI is InChI=1S/C17H15N7O3/c1-17(2,3)14-12(18-4)15(21-20-14)22-23-16(19-5)13(25)10-8-6-7-9-11(10)24(26)27/h6-9,25H,1-3H3,(H,20,21)/b16-13-,23-22+. The van der Waals surface area contributed by atoms with Crippen LogP contribution in [-0.4, -0.2) is 20.2 Å². The van der Waals surface area contributed by atoms with Gasteiger partial charge >= 0.3 is 5.82 Å². The first-order chi connectivity index (χ1) is 12.7. The minimum atomic E-state index is -0.683. The van der Waals surface area contributed by atoms with E-state index in [4.69, 9.17) is 13.1 Å². The normalized spacial score (nSPS) is 12.3. The number of nitro benzene ring substituents is 1. The van der Waals surface area contributed by atoms with Gasteiger partial charge in [0.1, 0.15) is 0 Å². The second-order valence-electron chi connectivity index (χ2n) is 6.39. The monoisotopic (exact) mass is 365 g/mol. The molecule has 0 amide bonds. The van der Waals surface area contributed by atoms with Crippen LogP contribution >= 0.6 is 0 Å². The molecule has 0 aliphatic carbocycles. The van der Waals surface area contributed by atoms with Crippen molar-refractivity contribution in [1.29, 1.82) is 0 Å². The average molecular weight is 365 g/mol. The number of azo groups is 1. The van der Waals surface area contributed by atoms with E-state index in [-0.39, 0.29) is 28.2 Å². The van der Waals surface area contributed by atoms with Crippen LogP contribution in [0.2, 0.25) is 0 Å². The van der Waals surface area contributed by atoms with Gasteiger partial charge in [-0.05, 0) is 16.6 Å². The molecule has 1 aromatic carbocycles. The lowest BCUT2D eigenvalue weighted by molar-refractivity contribution is -0.385. The Labute approximate surface area is 154 Å². The number of hydrogen-bond acceptors (Lipinski definition) is 6. The minimum Gasteiger partial charge on any atom is -0.517 e. The summed E-state index contributed by atoms with van der Waals surface area (Å²) in [6.45, 7) is 20.2. The van der Waals surface area contributed by atoms with Crippen molar-refractivity contribution in [2.24, 2.45) is 10.2 Å². The minimum absolute atomic E-state index is 0.0357. The van der Waals surface area contributed by atoms with Crippen LogP contribution in [0.5, 0.6) is 0 Å². The Kier molecular flexibility index (Phi) is 5.32. The van der Waals surface area contributed by atoms with Crippen LogP contribution in [0.3, 0.4) is 0 Å². The summed E-state index contributed by atoms with van der Waals surface area (Å²) in [5.41, 5.74) is -0.201. The van der Waals surface area contributed by atoms with Crippen molar-refractivity contribution >= 4 is 23.0 Å². The molecular weight excluding hydrogens is 350 g/mol. The number of rotatable bonds is 4. The zero-order valence-corrected chi connectivity index (χ0v) is 14.8. The van der Waals surface area contributed by atoms with E-state index in [2.05, 4.69) is 30.1 Å². The molecule has 27 heavy (non-hydrogen) atoms. The molecular formula is C17H15N7O3. The maximum atomic E-state index is 11.1. The summed E-state index contributed by atoms with van der Waals surface area (Å²) in [5, 5.41) is 35.4. The lowest BCUT2D eigenvalue weighted by Gasteiger charge is -2.16. The van der Waals surface area contributed by atoms with Crippen molar-refractivity contribution < 1.29 is 10.0 Å². The van der Waals surface area contributed by atoms with Gasteiger partial charge in [-0.1, -0.05) is 39.5 Å². The van der Waals surface area contributed by atoms with E-state index >= 15 is 0 Å². The fourth-order valence-corrected chi connectivity index (χ4v) is 2.20.